The normalized spacial score (nSPS) is 12.4. The number of nitrogen functional groups attached to an aromatic ring is 1. The van der Waals surface area contributed by atoms with Crippen molar-refractivity contribution in [3.8, 4) is 45.0 Å². The summed E-state index contributed by atoms with van der Waals surface area (Å²) in [5, 5.41) is 40.6. The molecule has 4 amide bonds. The number of ether oxygens (including phenoxy) is 2. The fourth-order valence-corrected chi connectivity index (χ4v) is 13.5. The van der Waals surface area contributed by atoms with Crippen molar-refractivity contribution in [2.24, 2.45) is 0 Å². The summed E-state index contributed by atoms with van der Waals surface area (Å²) in [7, 11) is 5.47. The molecular weight excluding hydrogens is 1540 g/mol. The van der Waals surface area contributed by atoms with Gasteiger partial charge in [0.25, 0.3) is 23.6 Å². The predicted molar refractivity (Wildman–Crippen MR) is 420 cm³/mol. The molecule has 592 valence electrons. The maximum absolute atomic E-state index is 14.3. The minimum absolute atomic E-state index is 0.00553. The lowest BCUT2D eigenvalue weighted by Gasteiger charge is -2.29. The molecule has 0 fully saturated rings. The van der Waals surface area contributed by atoms with Crippen LogP contribution in [0, 0.1) is 0 Å². The highest BCUT2D eigenvalue weighted by atomic mass is 35.5. The number of likely N-dealkylation sites (N-methyl/N-ethyl adjacent to an activating group) is 1. The van der Waals surface area contributed by atoms with Crippen LogP contribution in [0.4, 0.5) is 39.1 Å². The van der Waals surface area contributed by atoms with E-state index in [1.165, 1.54) is 51.6 Å². The molecule has 7 aromatic heterocycles. The second kappa shape index (κ2) is 34.8. The minimum atomic E-state index is -4.66. The van der Waals surface area contributed by atoms with Gasteiger partial charge in [0.1, 0.15) is 28.5 Å². The number of methoxy groups -OCH3 is 1. The smallest absolute Gasteiger partial charge is 0.433 e. The fourth-order valence-electron chi connectivity index (χ4n) is 12.6. The number of phenolic OH excluding ortho intramolecular Hbond substituents is 2. The highest BCUT2D eigenvalue weighted by molar-refractivity contribution is 7.13. The fraction of sp³-hybridized carbons (Fsp3) is 0.210. The van der Waals surface area contributed by atoms with Crippen LogP contribution in [-0.2, 0) is 22.8 Å². The zero-order valence-corrected chi connectivity index (χ0v) is 63.9. The van der Waals surface area contributed by atoms with Crippen LogP contribution in [0.15, 0.2) is 186 Å². The Hall–Kier alpha value is -13.2. The number of phenols is 2. The summed E-state index contributed by atoms with van der Waals surface area (Å²) < 4.78 is 87.4. The van der Waals surface area contributed by atoms with Gasteiger partial charge in [-0.05, 0) is 148 Å². The second-order valence-electron chi connectivity index (χ2n) is 26.1. The number of alkyl halides is 6. The molecule has 6 aromatic carbocycles. The first kappa shape index (κ1) is 81.3. The largest absolute Gasteiger partial charge is 0.507 e. The Morgan fingerprint density at radius 3 is 1.97 bits per heavy atom. The number of carbonyl (C=O) groups is 7. The Balaban J connectivity index is 0.000000144. The summed E-state index contributed by atoms with van der Waals surface area (Å²) in [6.07, 6.45) is -1.21. The van der Waals surface area contributed by atoms with Crippen LogP contribution in [-0.4, -0.2) is 172 Å². The third kappa shape index (κ3) is 17.8. The van der Waals surface area contributed by atoms with Crippen molar-refractivity contribution in [1.82, 2.24) is 59.0 Å². The standard InChI is InChI=1S/C24H17ClF2N6O4.C20H15F3N4O2S.C19H20N2O4.C18H21N3O2/c1-2-36-23(35)15-13-28-32(14-7-4-3-5-8-14)21(15)30-22(34)17-12-20-29-16(18-9-6-10-37-18)11-19(24(25,26)27)33(20)31-17;1-29-13-6-4-12(5-7-13)11-24-19(28)15-10-18-25-14(16-3-2-8-30-16)9-17(20(21,22)23)27(18)26-15;1-21(2)9-5-8-20-13-10-14(22)15-16(19(13)25)18(24)12-7-4-3-6-11(12)17(15)23;1-3-20(4-2)8-9-21-17(22)14-7-5-6-12-10-13(19)11-15(16(12)14)18(21)23/h3-13H,2H2,1H3,(H,30,34);2-10H,11H2,1H3,(H,24,28);3-4,6-7,10,20,22,25H,5,8-9H2,1-2H3;5-7,10-11H,3-4,8-9,19H2,1-2H3. The molecule has 0 unspecified atom stereocenters. The Labute approximate surface area is 661 Å². The van der Waals surface area contributed by atoms with Gasteiger partial charge in [0.2, 0.25) is 0 Å². The van der Waals surface area contributed by atoms with E-state index in [0.717, 1.165) is 59.0 Å². The number of ketones is 2. The van der Waals surface area contributed by atoms with Crippen LogP contribution in [0.25, 0.3) is 49.8 Å². The van der Waals surface area contributed by atoms with Crippen molar-refractivity contribution in [3.63, 3.8) is 0 Å². The van der Waals surface area contributed by atoms with Crippen molar-refractivity contribution in [2.45, 2.75) is 45.3 Å². The van der Waals surface area contributed by atoms with E-state index in [9.17, 15) is 65.7 Å². The second-order valence-corrected chi connectivity index (χ2v) is 27.5. The summed E-state index contributed by atoms with van der Waals surface area (Å²) in [6.45, 7) is 10.4. The van der Waals surface area contributed by atoms with Crippen LogP contribution in [0.2, 0.25) is 0 Å². The number of nitrogens with zero attached hydrogens (tertiary/aromatic N) is 11. The topological polar surface area (TPSA) is 342 Å². The van der Waals surface area contributed by atoms with Crippen LogP contribution in [0.1, 0.15) is 128 Å². The van der Waals surface area contributed by atoms with Gasteiger partial charge in [0, 0.05) is 72.1 Å². The Morgan fingerprint density at radius 1 is 0.696 bits per heavy atom. The number of fused-ring (bicyclic) bond motifs is 4. The summed E-state index contributed by atoms with van der Waals surface area (Å²) in [6, 6.07) is 43.4. The summed E-state index contributed by atoms with van der Waals surface area (Å²) in [5.74, 6) is -3.20. The van der Waals surface area contributed by atoms with Crippen molar-refractivity contribution in [2.75, 3.05) is 83.4 Å². The molecular formula is C81H73ClF5N15O12S. The van der Waals surface area contributed by atoms with E-state index in [2.05, 4.69) is 60.0 Å². The molecule has 8 heterocycles. The molecule has 13 aromatic rings. The number of benzene rings is 6. The van der Waals surface area contributed by atoms with Crippen molar-refractivity contribution >= 4 is 103 Å². The van der Waals surface area contributed by atoms with E-state index in [0.29, 0.717) is 57.3 Å². The molecule has 0 bridgehead atoms. The first-order chi connectivity index (χ1) is 55.1. The van der Waals surface area contributed by atoms with Gasteiger partial charge in [0.15, 0.2) is 57.3 Å². The van der Waals surface area contributed by atoms with E-state index in [-0.39, 0.29) is 116 Å². The third-order valence-corrected chi connectivity index (χ3v) is 19.4. The molecule has 0 saturated carbocycles. The molecule has 2 aliphatic rings. The highest BCUT2D eigenvalue weighted by Gasteiger charge is 2.39. The molecule has 0 spiro atoms. The molecule has 0 saturated heterocycles. The van der Waals surface area contributed by atoms with Gasteiger partial charge in [-0.25, -0.2) is 28.5 Å². The number of esters is 1. The number of amides is 4. The molecule has 15 rings (SSSR count). The SMILES string of the molecule is CCN(CC)CCN1C(=O)c2cccc3cc(N)cc(c23)C1=O.CCOC(=O)c1cnn(-c2ccccc2)c1NC(=O)c1cc2nc(-c3ccco3)cc(C(F)(F)Cl)n2n1.CN(C)CCCNc1cc(O)c2c(c1O)C(=O)c1ccccc1C2=O.COc1ccc(CNC(=O)c2cc3nc(-c4cccs4)cc(C(F)(F)F)n3n2)cc1. The number of aromatic hydroxyl groups is 2. The van der Waals surface area contributed by atoms with Gasteiger partial charge in [-0.3, -0.25) is 33.7 Å². The first-order valence-electron chi connectivity index (χ1n) is 35.7. The number of halogens is 6. The summed E-state index contributed by atoms with van der Waals surface area (Å²) in [4.78, 5) is 104. The Kier molecular flexibility index (Phi) is 24.6. The molecule has 7 N–H and O–H groups in total. The predicted octanol–water partition coefficient (Wildman–Crippen LogP) is 13.9. The van der Waals surface area contributed by atoms with E-state index >= 15 is 0 Å². The van der Waals surface area contributed by atoms with Gasteiger partial charge in [-0.15, -0.1) is 11.3 Å². The number of rotatable bonds is 22. The van der Waals surface area contributed by atoms with Crippen LogP contribution in [0.3, 0.4) is 0 Å². The third-order valence-electron chi connectivity index (χ3n) is 18.3. The van der Waals surface area contributed by atoms with Crippen molar-refractivity contribution < 1.29 is 79.6 Å². The lowest BCUT2D eigenvalue weighted by molar-refractivity contribution is -0.142. The maximum Gasteiger partial charge on any atom is 0.433 e. The van der Waals surface area contributed by atoms with Gasteiger partial charge in [0.05, 0.1) is 64.8 Å². The lowest BCUT2D eigenvalue weighted by Crippen LogP contribution is -2.44. The molecule has 0 radical (unpaired) electrons. The number of furan rings is 1. The van der Waals surface area contributed by atoms with Crippen LogP contribution in [0.5, 0.6) is 17.2 Å². The summed E-state index contributed by atoms with van der Waals surface area (Å²) >= 11 is 6.61. The average molecular weight is 1610 g/mol. The number of hydrogen-bond acceptors (Lipinski definition) is 22. The monoisotopic (exact) mass is 1610 g/mol. The molecule has 34 heteroatoms. The number of carbonyl (C=O) groups excluding carboxylic acids is 7. The molecule has 0 atom stereocenters. The van der Waals surface area contributed by atoms with Gasteiger partial charge < -0.3 is 55.6 Å². The van der Waals surface area contributed by atoms with Gasteiger partial charge in [-0.1, -0.05) is 86.6 Å². The van der Waals surface area contributed by atoms with E-state index < -0.39 is 52.3 Å². The Bertz CT molecular complexity index is 5810. The van der Waals surface area contributed by atoms with E-state index in [1.54, 1.807) is 141 Å². The number of aromatic nitrogens is 8. The molecule has 115 heavy (non-hydrogen) atoms. The zero-order valence-electron chi connectivity index (χ0n) is 62.3. The zero-order chi connectivity index (χ0) is 82.2. The number of nitrogens with two attached hydrogens (primary N) is 1. The molecule has 27 nitrogen and oxygen atoms in total. The molecule has 1 aliphatic carbocycles. The van der Waals surface area contributed by atoms with Gasteiger partial charge in [-0.2, -0.15) is 37.2 Å². The Morgan fingerprint density at radius 2 is 1.34 bits per heavy atom. The van der Waals surface area contributed by atoms with E-state index in [4.69, 9.17) is 31.2 Å². The minimum Gasteiger partial charge on any atom is -0.507 e. The van der Waals surface area contributed by atoms with Crippen LogP contribution < -0.4 is 26.4 Å². The first-order valence-corrected chi connectivity index (χ1v) is 37.0. The maximum atomic E-state index is 14.3. The summed E-state index contributed by atoms with van der Waals surface area (Å²) in [5.41, 5.74) is 7.36. The quantitative estimate of drug-likeness (QED) is 0.00536. The number of hydrogen-bond donors (Lipinski definition) is 6. The average Bonchev–Trinajstić information content (AvgIpc) is 1.72. The van der Waals surface area contributed by atoms with Crippen LogP contribution >= 0.6 is 22.9 Å². The lowest BCUT2D eigenvalue weighted by atomic mass is 9.82. The van der Waals surface area contributed by atoms with Gasteiger partial charge >= 0.3 is 17.5 Å². The number of anilines is 3. The van der Waals surface area contributed by atoms with Crippen molar-refractivity contribution in [1.29, 1.82) is 0 Å². The number of imide groups is 1. The molecule has 1 aliphatic heterocycles. The highest BCUT2D eigenvalue weighted by Crippen LogP contribution is 2.43. The number of para-hydroxylation sites is 1. The van der Waals surface area contributed by atoms with Crippen molar-refractivity contribution in [3.05, 3.63) is 249 Å². The van der Waals surface area contributed by atoms with E-state index in [1.807, 2.05) is 31.1 Å². The number of thiophene rings is 1. The number of nitrogens with one attached hydrogen (secondary N) is 3.